The average molecular weight is 342 g/mol. The molecule has 0 spiro atoms. The van der Waals surface area contributed by atoms with Crippen LogP contribution in [0.1, 0.15) is 5.69 Å². The van der Waals surface area contributed by atoms with Crippen LogP contribution in [0.3, 0.4) is 0 Å². The second-order valence-corrected chi connectivity index (χ2v) is 6.50. The lowest BCUT2D eigenvalue weighted by Gasteiger charge is -2.39. The van der Waals surface area contributed by atoms with E-state index >= 15 is 0 Å². The topological polar surface area (TPSA) is 59.3 Å². The number of nitrogens with one attached hydrogen (secondary N) is 1. The van der Waals surface area contributed by atoms with Crippen molar-refractivity contribution in [1.82, 2.24) is 9.78 Å². The summed E-state index contributed by atoms with van der Waals surface area (Å²) in [5, 5.41) is 18.2. The molecule has 0 bridgehead atoms. The number of aliphatic hydroxyl groups excluding tert-OH is 1. The number of halogens is 2. The monoisotopic (exact) mass is 341 g/mol. The number of aromatic nitrogens is 2. The van der Waals surface area contributed by atoms with Gasteiger partial charge in [0.15, 0.2) is 0 Å². The molecule has 1 saturated heterocycles. The number of benzene rings is 1. The Balaban J connectivity index is 1.77. The third-order valence-corrected chi connectivity index (χ3v) is 4.57. The third kappa shape index (κ3) is 2.94. The van der Waals surface area contributed by atoms with Crippen molar-refractivity contribution in [2.24, 2.45) is 5.41 Å². The fourth-order valence-electron chi connectivity index (χ4n) is 2.36. The molecule has 118 valence electrons. The molecule has 0 saturated carbocycles. The summed E-state index contributed by atoms with van der Waals surface area (Å²) < 4.78 is 6.99. The van der Waals surface area contributed by atoms with Gasteiger partial charge in [0.1, 0.15) is 5.82 Å². The van der Waals surface area contributed by atoms with Crippen LogP contribution in [0.2, 0.25) is 10.0 Å². The Morgan fingerprint density at radius 3 is 2.68 bits per heavy atom. The lowest BCUT2D eigenvalue weighted by Crippen LogP contribution is -2.50. The van der Waals surface area contributed by atoms with Crippen molar-refractivity contribution in [2.75, 3.05) is 31.7 Å². The first-order chi connectivity index (χ1) is 10.5. The Hall–Kier alpha value is -1.27. The maximum Gasteiger partial charge on any atom is 0.148 e. The summed E-state index contributed by atoms with van der Waals surface area (Å²) in [7, 11) is 0. The van der Waals surface area contributed by atoms with Crippen LogP contribution in [0.5, 0.6) is 0 Å². The quantitative estimate of drug-likeness (QED) is 0.877. The van der Waals surface area contributed by atoms with E-state index in [0.717, 1.165) is 17.2 Å². The molecule has 1 aliphatic rings. The van der Waals surface area contributed by atoms with E-state index in [0.29, 0.717) is 29.8 Å². The zero-order valence-electron chi connectivity index (χ0n) is 12.1. The zero-order valence-corrected chi connectivity index (χ0v) is 13.7. The van der Waals surface area contributed by atoms with Crippen LogP contribution < -0.4 is 5.32 Å². The van der Waals surface area contributed by atoms with Crippen LogP contribution in [0.4, 0.5) is 5.82 Å². The average Bonchev–Trinajstić information content (AvgIpc) is 2.82. The zero-order chi connectivity index (χ0) is 15.7. The second-order valence-electron chi connectivity index (χ2n) is 5.69. The van der Waals surface area contributed by atoms with E-state index in [-0.39, 0.29) is 12.0 Å². The summed E-state index contributed by atoms with van der Waals surface area (Å²) in [4.78, 5) is 0. The van der Waals surface area contributed by atoms with E-state index in [9.17, 15) is 5.11 Å². The molecular formula is C15H17Cl2N3O2. The lowest BCUT2D eigenvalue weighted by molar-refractivity contribution is -0.128. The first kappa shape index (κ1) is 15.6. The molecule has 1 fully saturated rings. The molecule has 0 unspecified atom stereocenters. The van der Waals surface area contributed by atoms with Crippen LogP contribution in [-0.2, 0) is 4.74 Å². The van der Waals surface area contributed by atoms with E-state index in [2.05, 4.69) is 10.4 Å². The van der Waals surface area contributed by atoms with Gasteiger partial charge in [0.05, 0.1) is 41.0 Å². The number of rotatable bonds is 5. The molecule has 5 nitrogen and oxygen atoms in total. The van der Waals surface area contributed by atoms with Gasteiger partial charge in [-0.2, -0.15) is 5.10 Å². The van der Waals surface area contributed by atoms with E-state index < -0.39 is 0 Å². The third-order valence-electron chi connectivity index (χ3n) is 3.83. The van der Waals surface area contributed by atoms with Gasteiger partial charge < -0.3 is 15.2 Å². The molecule has 0 aliphatic carbocycles. The number of hydrogen-bond donors (Lipinski definition) is 2. The number of hydrogen-bond acceptors (Lipinski definition) is 4. The maximum atomic E-state index is 9.44. The molecule has 0 radical (unpaired) electrons. The Labute approximate surface area is 138 Å². The van der Waals surface area contributed by atoms with Crippen molar-refractivity contribution >= 4 is 29.0 Å². The number of aryl methyl sites for hydroxylation is 1. The molecular weight excluding hydrogens is 325 g/mol. The summed E-state index contributed by atoms with van der Waals surface area (Å²) in [6.45, 7) is 3.84. The summed E-state index contributed by atoms with van der Waals surface area (Å²) in [6.07, 6.45) is 0. The van der Waals surface area contributed by atoms with Crippen molar-refractivity contribution < 1.29 is 9.84 Å². The van der Waals surface area contributed by atoms with Crippen LogP contribution in [0.25, 0.3) is 5.69 Å². The highest BCUT2D eigenvalue weighted by atomic mass is 35.5. The Morgan fingerprint density at radius 1 is 1.32 bits per heavy atom. The van der Waals surface area contributed by atoms with Gasteiger partial charge in [-0.05, 0) is 25.1 Å². The van der Waals surface area contributed by atoms with Gasteiger partial charge in [-0.1, -0.05) is 23.2 Å². The summed E-state index contributed by atoms with van der Waals surface area (Å²) in [5.41, 5.74) is 1.63. The smallest absolute Gasteiger partial charge is 0.148 e. The predicted molar refractivity (Wildman–Crippen MR) is 87.1 cm³/mol. The van der Waals surface area contributed by atoms with Gasteiger partial charge in [-0.3, -0.25) is 0 Å². The van der Waals surface area contributed by atoms with Gasteiger partial charge in [0.2, 0.25) is 0 Å². The minimum atomic E-state index is -0.193. The molecule has 7 heteroatoms. The van der Waals surface area contributed by atoms with E-state index in [1.165, 1.54) is 0 Å². The molecule has 22 heavy (non-hydrogen) atoms. The molecule has 1 aromatic carbocycles. The van der Waals surface area contributed by atoms with E-state index in [1.807, 2.05) is 19.1 Å². The lowest BCUT2D eigenvalue weighted by atomic mass is 9.87. The van der Waals surface area contributed by atoms with Gasteiger partial charge in [0.25, 0.3) is 0 Å². The van der Waals surface area contributed by atoms with Crippen LogP contribution >= 0.6 is 23.2 Å². The highest BCUT2D eigenvalue weighted by molar-refractivity contribution is 6.42. The summed E-state index contributed by atoms with van der Waals surface area (Å²) in [6, 6.07) is 7.35. The Morgan fingerprint density at radius 2 is 2.09 bits per heavy atom. The normalized spacial score (nSPS) is 16.4. The fraction of sp³-hybridized carbons (Fsp3) is 0.400. The van der Waals surface area contributed by atoms with E-state index in [4.69, 9.17) is 27.9 Å². The fourth-order valence-corrected chi connectivity index (χ4v) is 2.65. The van der Waals surface area contributed by atoms with Gasteiger partial charge in [-0.25, -0.2) is 4.68 Å². The van der Waals surface area contributed by atoms with Gasteiger partial charge in [-0.15, -0.1) is 0 Å². The molecule has 2 N–H and O–H groups in total. The second kappa shape index (κ2) is 6.08. The van der Waals surface area contributed by atoms with E-state index in [1.54, 1.807) is 16.8 Å². The Kier molecular flexibility index (Phi) is 4.32. The molecule has 1 aliphatic heterocycles. The van der Waals surface area contributed by atoms with Crippen molar-refractivity contribution in [3.63, 3.8) is 0 Å². The Bertz CT molecular complexity index is 678. The van der Waals surface area contributed by atoms with Crippen molar-refractivity contribution in [3.05, 3.63) is 40.0 Å². The van der Waals surface area contributed by atoms with Gasteiger partial charge >= 0.3 is 0 Å². The van der Waals surface area contributed by atoms with Crippen LogP contribution in [-0.4, -0.2) is 41.3 Å². The molecule has 0 atom stereocenters. The van der Waals surface area contributed by atoms with Crippen molar-refractivity contribution in [1.29, 1.82) is 0 Å². The van der Waals surface area contributed by atoms with Crippen LogP contribution in [0.15, 0.2) is 24.3 Å². The highest BCUT2D eigenvalue weighted by Gasteiger charge is 2.38. The minimum Gasteiger partial charge on any atom is -0.396 e. The molecule has 1 aromatic heterocycles. The summed E-state index contributed by atoms with van der Waals surface area (Å²) in [5.74, 6) is 0.753. The first-order valence-electron chi connectivity index (χ1n) is 6.98. The number of anilines is 1. The molecule has 2 aromatic rings. The number of ether oxygens (including phenoxy) is 1. The molecule has 0 amide bonds. The largest absolute Gasteiger partial charge is 0.396 e. The van der Waals surface area contributed by atoms with Crippen molar-refractivity contribution in [3.8, 4) is 5.69 Å². The predicted octanol–water partition coefficient (Wildman–Crippen LogP) is 2.91. The SMILES string of the molecule is Cc1cc(NCC2(CO)COC2)nn1-c1ccc(Cl)c(Cl)c1. The highest BCUT2D eigenvalue weighted by Crippen LogP contribution is 2.28. The van der Waals surface area contributed by atoms with Crippen molar-refractivity contribution in [2.45, 2.75) is 6.92 Å². The standard InChI is InChI=1S/C15H17Cl2N3O2/c1-10-4-14(18-6-15(7-21)8-22-9-15)19-20(10)11-2-3-12(16)13(17)5-11/h2-5,21H,6-9H2,1H3,(H,18,19). The van der Waals surface area contributed by atoms with Gasteiger partial charge in [0, 0.05) is 18.3 Å². The summed E-state index contributed by atoms with van der Waals surface area (Å²) >= 11 is 12.0. The maximum absolute atomic E-state index is 9.44. The van der Waals surface area contributed by atoms with Crippen LogP contribution in [0, 0.1) is 12.3 Å². The first-order valence-corrected chi connectivity index (χ1v) is 7.73. The molecule has 3 rings (SSSR count). The minimum absolute atomic E-state index is 0.104. The number of aliphatic hydroxyl groups is 1. The number of nitrogens with zero attached hydrogens (tertiary/aromatic N) is 2. The molecule has 2 heterocycles.